The van der Waals surface area contributed by atoms with Gasteiger partial charge in [-0.2, -0.15) is 0 Å². The highest BCUT2D eigenvalue weighted by molar-refractivity contribution is 6.32. The van der Waals surface area contributed by atoms with Crippen LogP contribution in [-0.4, -0.2) is 18.2 Å². The molecule has 2 aromatic carbocycles. The summed E-state index contributed by atoms with van der Waals surface area (Å²) in [5.74, 6) is -0.254. The van der Waals surface area contributed by atoms with Crippen LogP contribution in [0.25, 0.3) is 0 Å². The molecule has 0 unspecified atom stereocenters. The fraction of sp³-hybridized carbons (Fsp3) is 0.350. The molecule has 0 spiro atoms. The molecule has 2 rings (SSSR count). The minimum absolute atomic E-state index is 0.0676. The van der Waals surface area contributed by atoms with Crippen molar-refractivity contribution in [3.8, 4) is 5.75 Å². The van der Waals surface area contributed by atoms with Crippen LogP contribution in [-0.2, 0) is 21.4 Å². The number of carbonyl (C=O) groups is 1. The summed E-state index contributed by atoms with van der Waals surface area (Å²) in [6.45, 7) is 4.22. The molecule has 0 bridgehead atoms. The Morgan fingerprint density at radius 2 is 1.60 bits per heavy atom. The topological polar surface area (TPSA) is 46.5 Å². The number of phenolic OH excluding ortho intramolecular Hbond substituents is 1. The van der Waals surface area contributed by atoms with Gasteiger partial charge in [0, 0.05) is 10.4 Å². The van der Waals surface area contributed by atoms with E-state index in [0.717, 1.165) is 29.5 Å². The second kappa shape index (κ2) is 8.11. The number of hydrogen-bond acceptors (Lipinski definition) is 3. The van der Waals surface area contributed by atoms with Crippen molar-refractivity contribution in [2.24, 2.45) is 0 Å². The Morgan fingerprint density at radius 3 is 2.08 bits per heavy atom. The van der Waals surface area contributed by atoms with E-state index in [0.29, 0.717) is 10.0 Å². The first-order valence-electron chi connectivity index (χ1n) is 8.22. The van der Waals surface area contributed by atoms with Crippen molar-refractivity contribution < 1.29 is 14.6 Å². The van der Waals surface area contributed by atoms with Crippen LogP contribution in [0.1, 0.15) is 43.4 Å². The maximum Gasteiger partial charge on any atom is 0.310 e. The molecule has 0 aliphatic heterocycles. The number of esters is 1. The Labute approximate surface area is 158 Å². The van der Waals surface area contributed by atoms with Gasteiger partial charge in [-0.05, 0) is 47.7 Å². The number of phenols is 1. The van der Waals surface area contributed by atoms with Crippen molar-refractivity contribution in [2.45, 2.75) is 38.5 Å². The van der Waals surface area contributed by atoms with Gasteiger partial charge in [-0.1, -0.05) is 55.2 Å². The van der Waals surface area contributed by atoms with Gasteiger partial charge in [0.05, 0.1) is 18.6 Å². The van der Waals surface area contributed by atoms with E-state index >= 15 is 0 Å². The number of benzene rings is 2. The van der Waals surface area contributed by atoms with Crippen molar-refractivity contribution >= 4 is 29.2 Å². The number of halogens is 2. The molecule has 0 aliphatic carbocycles. The van der Waals surface area contributed by atoms with Crippen molar-refractivity contribution in [2.75, 3.05) is 7.11 Å². The molecule has 0 heterocycles. The van der Waals surface area contributed by atoms with Gasteiger partial charge in [0.1, 0.15) is 5.75 Å². The molecule has 0 atom stereocenters. The highest BCUT2D eigenvalue weighted by Gasteiger charge is 2.31. The van der Waals surface area contributed by atoms with Crippen LogP contribution in [0.5, 0.6) is 5.75 Å². The Morgan fingerprint density at radius 1 is 1.04 bits per heavy atom. The van der Waals surface area contributed by atoms with Gasteiger partial charge in [-0.15, -0.1) is 0 Å². The molecule has 0 radical (unpaired) electrons. The molecule has 2 aromatic rings. The summed E-state index contributed by atoms with van der Waals surface area (Å²) in [5, 5.41) is 10.6. The molecule has 0 aromatic heterocycles. The van der Waals surface area contributed by atoms with E-state index in [-0.39, 0.29) is 23.6 Å². The van der Waals surface area contributed by atoms with Gasteiger partial charge < -0.3 is 9.84 Å². The Bertz CT molecular complexity index is 768. The molecule has 5 heteroatoms. The molecule has 1 N–H and O–H groups in total. The molecule has 0 saturated carbocycles. The number of rotatable bonds is 6. The lowest BCUT2D eigenvalue weighted by Gasteiger charge is -2.34. The van der Waals surface area contributed by atoms with Crippen molar-refractivity contribution in [1.29, 1.82) is 0 Å². The summed E-state index contributed by atoms with van der Waals surface area (Å²) in [7, 11) is 1.36. The number of aromatic hydroxyl groups is 1. The minimum atomic E-state index is -0.322. The van der Waals surface area contributed by atoms with E-state index in [9.17, 15) is 9.90 Å². The smallest absolute Gasteiger partial charge is 0.310 e. The minimum Gasteiger partial charge on any atom is -0.506 e. The van der Waals surface area contributed by atoms with Gasteiger partial charge in [-0.25, -0.2) is 0 Å². The van der Waals surface area contributed by atoms with Crippen molar-refractivity contribution in [3.05, 3.63) is 63.1 Å². The van der Waals surface area contributed by atoms with E-state index in [1.54, 1.807) is 12.1 Å². The SMILES string of the molecule is CCC(CC)(c1ccc(O)c(Cl)c1)c1ccc(CC(=O)OC)c(Cl)c1. The quantitative estimate of drug-likeness (QED) is 0.670. The van der Waals surface area contributed by atoms with Crippen molar-refractivity contribution in [1.82, 2.24) is 0 Å². The van der Waals surface area contributed by atoms with E-state index in [4.69, 9.17) is 27.9 Å². The normalized spacial score (nSPS) is 11.4. The van der Waals surface area contributed by atoms with Gasteiger partial charge in [0.2, 0.25) is 0 Å². The Hall–Kier alpha value is -1.71. The van der Waals surface area contributed by atoms with Crippen LogP contribution < -0.4 is 0 Å². The number of methoxy groups -OCH3 is 1. The molecule has 0 fully saturated rings. The summed E-state index contributed by atoms with van der Waals surface area (Å²) in [6, 6.07) is 11.1. The van der Waals surface area contributed by atoms with Crippen LogP contribution in [0, 0.1) is 0 Å². The molecule has 0 amide bonds. The van der Waals surface area contributed by atoms with Gasteiger partial charge in [0.15, 0.2) is 0 Å². The summed E-state index contributed by atoms with van der Waals surface area (Å²) in [4.78, 5) is 11.5. The summed E-state index contributed by atoms with van der Waals surface area (Å²) < 4.78 is 4.71. The third-order valence-electron chi connectivity index (χ3n) is 4.88. The largest absolute Gasteiger partial charge is 0.506 e. The molecular weight excluding hydrogens is 359 g/mol. The lowest BCUT2D eigenvalue weighted by atomic mass is 9.70. The maximum absolute atomic E-state index is 11.5. The lowest BCUT2D eigenvalue weighted by molar-refractivity contribution is -0.139. The van der Waals surface area contributed by atoms with Crippen LogP contribution in [0.2, 0.25) is 10.0 Å². The van der Waals surface area contributed by atoms with Crippen LogP contribution >= 0.6 is 23.2 Å². The standard InChI is InChI=1S/C20H22Cl2O3/c1-4-20(5-2,15-8-9-18(23)17(22)12-15)14-7-6-13(16(21)11-14)10-19(24)25-3/h6-9,11-12,23H,4-5,10H2,1-3H3. The zero-order valence-corrected chi connectivity index (χ0v) is 16.1. The van der Waals surface area contributed by atoms with Crippen molar-refractivity contribution in [3.63, 3.8) is 0 Å². The predicted octanol–water partition coefficient (Wildman–Crippen LogP) is 5.52. The summed E-state index contributed by atoms with van der Waals surface area (Å²) >= 11 is 12.5. The van der Waals surface area contributed by atoms with Crippen LogP contribution in [0.4, 0.5) is 0 Å². The number of carbonyl (C=O) groups excluding carboxylic acids is 1. The zero-order valence-electron chi connectivity index (χ0n) is 14.6. The highest BCUT2D eigenvalue weighted by Crippen LogP contribution is 2.42. The monoisotopic (exact) mass is 380 g/mol. The molecule has 0 saturated heterocycles. The summed E-state index contributed by atoms with van der Waals surface area (Å²) in [5.41, 5.74) is 2.54. The molecule has 25 heavy (non-hydrogen) atoms. The fourth-order valence-electron chi connectivity index (χ4n) is 3.25. The average molecular weight is 381 g/mol. The zero-order chi connectivity index (χ0) is 18.6. The fourth-order valence-corrected chi connectivity index (χ4v) is 3.68. The van der Waals surface area contributed by atoms with E-state index in [2.05, 4.69) is 13.8 Å². The first kappa shape index (κ1) is 19.6. The second-order valence-corrected chi connectivity index (χ2v) is 6.83. The number of hydrogen-bond donors (Lipinski definition) is 1. The molecular formula is C20H22Cl2O3. The first-order valence-corrected chi connectivity index (χ1v) is 8.98. The highest BCUT2D eigenvalue weighted by atomic mass is 35.5. The average Bonchev–Trinajstić information content (AvgIpc) is 2.61. The number of ether oxygens (including phenoxy) is 1. The van der Waals surface area contributed by atoms with E-state index in [1.807, 2.05) is 24.3 Å². The third kappa shape index (κ3) is 3.94. The van der Waals surface area contributed by atoms with Gasteiger partial charge in [0.25, 0.3) is 0 Å². The third-order valence-corrected chi connectivity index (χ3v) is 5.53. The maximum atomic E-state index is 11.5. The molecule has 134 valence electrons. The van der Waals surface area contributed by atoms with E-state index in [1.165, 1.54) is 7.11 Å². The van der Waals surface area contributed by atoms with Crippen LogP contribution in [0.3, 0.4) is 0 Å². The first-order chi connectivity index (χ1) is 11.9. The molecule has 0 aliphatic rings. The Balaban J connectivity index is 2.51. The second-order valence-electron chi connectivity index (χ2n) is 6.01. The Kier molecular flexibility index (Phi) is 6.36. The van der Waals surface area contributed by atoms with E-state index < -0.39 is 0 Å². The predicted molar refractivity (Wildman–Crippen MR) is 102 cm³/mol. The van der Waals surface area contributed by atoms with Crippen LogP contribution in [0.15, 0.2) is 36.4 Å². The van der Waals surface area contributed by atoms with Gasteiger partial charge >= 0.3 is 5.97 Å². The lowest BCUT2D eigenvalue weighted by Crippen LogP contribution is -2.26. The summed E-state index contributed by atoms with van der Waals surface area (Å²) in [6.07, 6.45) is 1.83. The van der Waals surface area contributed by atoms with Gasteiger partial charge in [-0.3, -0.25) is 4.79 Å². The molecule has 3 nitrogen and oxygen atoms in total.